The fourth-order valence-electron chi connectivity index (χ4n) is 2.02. The lowest BCUT2D eigenvalue weighted by molar-refractivity contribution is 0.0662. The monoisotopic (exact) mass is 283 g/mol. The first-order valence-electron chi connectivity index (χ1n) is 5.87. The Morgan fingerprint density at radius 1 is 1.31 bits per heavy atom. The zero-order chi connectivity index (χ0) is 11.2. The number of rotatable bonds is 4. The molecule has 1 fully saturated rings. The van der Waals surface area contributed by atoms with E-state index in [1.165, 1.54) is 18.4 Å². The van der Waals surface area contributed by atoms with Gasteiger partial charge >= 0.3 is 0 Å². The summed E-state index contributed by atoms with van der Waals surface area (Å²) < 4.78 is 6.50. The fraction of sp³-hybridized carbons (Fsp3) is 0.538. The second-order valence-corrected chi connectivity index (χ2v) is 5.23. The van der Waals surface area contributed by atoms with Gasteiger partial charge in [0.1, 0.15) is 0 Å². The average molecular weight is 284 g/mol. The normalized spacial score (nSPS) is 17.6. The summed E-state index contributed by atoms with van der Waals surface area (Å²) in [6.45, 7) is 3.93. The van der Waals surface area contributed by atoms with Crippen LogP contribution in [-0.2, 0) is 11.3 Å². The van der Waals surface area contributed by atoms with Gasteiger partial charge in [-0.25, -0.2) is 0 Å². The van der Waals surface area contributed by atoms with Crippen LogP contribution >= 0.6 is 15.9 Å². The molecular formula is C13H18BrNO. The topological polar surface area (TPSA) is 21.3 Å². The summed E-state index contributed by atoms with van der Waals surface area (Å²) >= 11 is 3.49. The Labute approximate surface area is 106 Å². The predicted molar refractivity (Wildman–Crippen MR) is 69.4 cm³/mol. The molecule has 1 aromatic rings. The minimum absolute atomic E-state index is 0.793. The lowest BCUT2D eigenvalue weighted by Gasteiger charge is -2.22. The number of nitrogens with one attached hydrogen (secondary N) is 1. The van der Waals surface area contributed by atoms with E-state index in [9.17, 15) is 0 Å². The molecule has 1 aliphatic rings. The highest BCUT2D eigenvalue weighted by Crippen LogP contribution is 2.14. The Bertz CT molecular complexity index is 323. The summed E-state index contributed by atoms with van der Waals surface area (Å²) in [6.07, 6.45) is 2.40. The van der Waals surface area contributed by atoms with E-state index in [0.29, 0.717) is 0 Å². The van der Waals surface area contributed by atoms with Crippen molar-refractivity contribution in [2.45, 2.75) is 19.4 Å². The summed E-state index contributed by atoms with van der Waals surface area (Å²) in [5.41, 5.74) is 1.33. The molecule has 0 radical (unpaired) electrons. The number of ether oxygens (including phenoxy) is 1. The first-order valence-corrected chi connectivity index (χ1v) is 6.67. The summed E-state index contributed by atoms with van der Waals surface area (Å²) in [6, 6.07) is 8.45. The van der Waals surface area contributed by atoms with E-state index < -0.39 is 0 Å². The van der Waals surface area contributed by atoms with E-state index in [1.807, 2.05) is 0 Å². The highest BCUT2D eigenvalue weighted by Gasteiger charge is 2.12. The smallest absolute Gasteiger partial charge is 0.0469 e. The van der Waals surface area contributed by atoms with Gasteiger partial charge in [0.2, 0.25) is 0 Å². The lowest BCUT2D eigenvalue weighted by Crippen LogP contribution is -2.27. The van der Waals surface area contributed by atoms with Crippen molar-refractivity contribution in [2.75, 3.05) is 19.8 Å². The molecule has 1 N–H and O–H groups in total. The molecule has 0 spiro atoms. The van der Waals surface area contributed by atoms with Crippen LogP contribution in [0.3, 0.4) is 0 Å². The maximum Gasteiger partial charge on any atom is 0.0469 e. The maximum absolute atomic E-state index is 5.35. The molecule has 0 atom stereocenters. The zero-order valence-electron chi connectivity index (χ0n) is 9.42. The van der Waals surface area contributed by atoms with Crippen LogP contribution in [0.5, 0.6) is 0 Å². The number of hydrogen-bond acceptors (Lipinski definition) is 2. The van der Waals surface area contributed by atoms with Crippen LogP contribution in [0.4, 0.5) is 0 Å². The van der Waals surface area contributed by atoms with Crippen molar-refractivity contribution < 1.29 is 4.74 Å². The third-order valence-corrected chi connectivity index (χ3v) is 3.49. The SMILES string of the molecule is Brc1cccc(CNCC2CCOCC2)c1. The van der Waals surface area contributed by atoms with Gasteiger partial charge in [-0.3, -0.25) is 0 Å². The molecule has 16 heavy (non-hydrogen) atoms. The van der Waals surface area contributed by atoms with Crippen molar-refractivity contribution in [2.24, 2.45) is 5.92 Å². The number of halogens is 1. The molecule has 0 aromatic heterocycles. The second kappa shape index (κ2) is 6.38. The van der Waals surface area contributed by atoms with Crippen molar-refractivity contribution in [3.8, 4) is 0 Å². The predicted octanol–water partition coefficient (Wildman–Crippen LogP) is 2.97. The second-order valence-electron chi connectivity index (χ2n) is 4.32. The molecule has 2 rings (SSSR count). The van der Waals surface area contributed by atoms with Crippen molar-refractivity contribution in [3.63, 3.8) is 0 Å². The zero-order valence-corrected chi connectivity index (χ0v) is 11.0. The van der Waals surface area contributed by atoms with E-state index in [4.69, 9.17) is 4.74 Å². The average Bonchev–Trinajstić information content (AvgIpc) is 2.30. The third kappa shape index (κ3) is 3.89. The van der Waals surface area contributed by atoms with Crippen LogP contribution in [0.1, 0.15) is 18.4 Å². The molecule has 0 aliphatic carbocycles. The summed E-state index contributed by atoms with van der Waals surface area (Å²) in [5, 5.41) is 3.52. The van der Waals surface area contributed by atoms with Gasteiger partial charge < -0.3 is 10.1 Å². The van der Waals surface area contributed by atoms with E-state index >= 15 is 0 Å². The minimum atomic E-state index is 0.793. The van der Waals surface area contributed by atoms with Gasteiger partial charge in [0.05, 0.1) is 0 Å². The van der Waals surface area contributed by atoms with Gasteiger partial charge in [-0.2, -0.15) is 0 Å². The third-order valence-electron chi connectivity index (χ3n) is 2.99. The Morgan fingerprint density at radius 3 is 2.88 bits per heavy atom. The maximum atomic E-state index is 5.35. The van der Waals surface area contributed by atoms with Gasteiger partial charge in [-0.15, -0.1) is 0 Å². The van der Waals surface area contributed by atoms with Crippen molar-refractivity contribution in [3.05, 3.63) is 34.3 Å². The standard InChI is InChI=1S/C13H18BrNO/c14-13-3-1-2-12(8-13)10-15-9-11-4-6-16-7-5-11/h1-3,8,11,15H,4-7,9-10H2. The molecule has 1 aliphatic heterocycles. The molecule has 0 amide bonds. The van der Waals surface area contributed by atoms with Crippen molar-refractivity contribution >= 4 is 15.9 Å². The Morgan fingerprint density at radius 2 is 2.12 bits per heavy atom. The van der Waals surface area contributed by atoms with Gasteiger partial charge in [0, 0.05) is 24.2 Å². The highest BCUT2D eigenvalue weighted by atomic mass is 79.9. The Hall–Kier alpha value is -0.380. The van der Waals surface area contributed by atoms with Crippen molar-refractivity contribution in [1.29, 1.82) is 0 Å². The van der Waals surface area contributed by atoms with Crippen LogP contribution in [-0.4, -0.2) is 19.8 Å². The van der Waals surface area contributed by atoms with Crippen molar-refractivity contribution in [1.82, 2.24) is 5.32 Å². The number of hydrogen-bond donors (Lipinski definition) is 1. The molecule has 0 bridgehead atoms. The van der Waals surface area contributed by atoms with Crippen LogP contribution in [0.15, 0.2) is 28.7 Å². The van der Waals surface area contributed by atoms with Gasteiger partial charge in [-0.05, 0) is 43.0 Å². The summed E-state index contributed by atoms with van der Waals surface area (Å²) in [5.74, 6) is 0.793. The number of benzene rings is 1. The summed E-state index contributed by atoms with van der Waals surface area (Å²) in [4.78, 5) is 0. The van der Waals surface area contributed by atoms with Gasteiger partial charge in [0.15, 0.2) is 0 Å². The molecule has 1 saturated heterocycles. The summed E-state index contributed by atoms with van der Waals surface area (Å²) in [7, 11) is 0. The molecule has 1 aromatic carbocycles. The van der Waals surface area contributed by atoms with Crippen LogP contribution in [0, 0.1) is 5.92 Å². The molecule has 2 nitrogen and oxygen atoms in total. The quantitative estimate of drug-likeness (QED) is 0.917. The van der Waals surface area contributed by atoms with E-state index in [2.05, 4.69) is 45.5 Å². The van der Waals surface area contributed by atoms with Crippen LogP contribution in [0.2, 0.25) is 0 Å². The molecule has 0 saturated carbocycles. The lowest BCUT2D eigenvalue weighted by atomic mass is 10.0. The molecule has 0 unspecified atom stereocenters. The van der Waals surface area contributed by atoms with E-state index in [1.54, 1.807) is 0 Å². The molecule has 3 heteroatoms. The van der Waals surface area contributed by atoms with Crippen LogP contribution < -0.4 is 5.32 Å². The Kier molecular flexibility index (Phi) is 4.82. The molecular weight excluding hydrogens is 266 g/mol. The molecule has 1 heterocycles. The van der Waals surface area contributed by atoms with E-state index in [0.717, 1.165) is 36.7 Å². The Balaban J connectivity index is 1.71. The van der Waals surface area contributed by atoms with Gasteiger partial charge in [-0.1, -0.05) is 28.1 Å². The first-order chi connectivity index (χ1) is 7.84. The first kappa shape index (κ1) is 12.1. The van der Waals surface area contributed by atoms with Gasteiger partial charge in [0.25, 0.3) is 0 Å². The van der Waals surface area contributed by atoms with E-state index in [-0.39, 0.29) is 0 Å². The fourth-order valence-corrected chi connectivity index (χ4v) is 2.46. The van der Waals surface area contributed by atoms with Crippen LogP contribution in [0.25, 0.3) is 0 Å². The minimum Gasteiger partial charge on any atom is -0.381 e. The molecule has 88 valence electrons. The highest BCUT2D eigenvalue weighted by molar-refractivity contribution is 9.10. The largest absolute Gasteiger partial charge is 0.381 e.